The summed E-state index contributed by atoms with van der Waals surface area (Å²) in [5.74, 6) is -0.139. The van der Waals surface area contributed by atoms with Gasteiger partial charge in [0.15, 0.2) is 0 Å². The van der Waals surface area contributed by atoms with Crippen LogP contribution in [0.3, 0.4) is 0 Å². The maximum absolute atomic E-state index is 12.6. The summed E-state index contributed by atoms with van der Waals surface area (Å²) >= 11 is 7.41. The third-order valence-electron chi connectivity index (χ3n) is 3.96. The highest BCUT2D eigenvalue weighted by atomic mass is 35.5. The van der Waals surface area contributed by atoms with E-state index in [0.717, 1.165) is 16.8 Å². The van der Waals surface area contributed by atoms with E-state index in [2.05, 4.69) is 20.8 Å². The first-order chi connectivity index (χ1) is 12.5. The SMILES string of the molecule is Cc1ccccc1-n1nnnc1S[C@@H](C)C(=O)Nc1cccc(Cl)c1C. The van der Waals surface area contributed by atoms with E-state index in [9.17, 15) is 4.79 Å². The van der Waals surface area contributed by atoms with Crippen LogP contribution in [-0.2, 0) is 4.79 Å². The van der Waals surface area contributed by atoms with Crippen LogP contribution in [0, 0.1) is 13.8 Å². The second-order valence-electron chi connectivity index (χ2n) is 5.82. The van der Waals surface area contributed by atoms with Crippen molar-refractivity contribution in [1.29, 1.82) is 0 Å². The predicted molar refractivity (Wildman–Crippen MR) is 104 cm³/mol. The van der Waals surface area contributed by atoms with Gasteiger partial charge in [-0.15, -0.1) is 5.10 Å². The van der Waals surface area contributed by atoms with Gasteiger partial charge in [-0.1, -0.05) is 47.6 Å². The van der Waals surface area contributed by atoms with Crippen molar-refractivity contribution >= 4 is 35.0 Å². The van der Waals surface area contributed by atoms with E-state index in [4.69, 9.17) is 11.6 Å². The molecule has 1 aromatic heterocycles. The molecule has 0 saturated heterocycles. The molecule has 1 heterocycles. The Kier molecular flexibility index (Phi) is 5.58. The second kappa shape index (κ2) is 7.88. The van der Waals surface area contributed by atoms with E-state index >= 15 is 0 Å². The lowest BCUT2D eigenvalue weighted by atomic mass is 10.2. The smallest absolute Gasteiger partial charge is 0.237 e. The van der Waals surface area contributed by atoms with Crippen LogP contribution >= 0.6 is 23.4 Å². The molecule has 0 spiro atoms. The summed E-state index contributed by atoms with van der Waals surface area (Å²) in [6.45, 7) is 5.68. The molecule has 0 aliphatic rings. The highest BCUT2D eigenvalue weighted by molar-refractivity contribution is 8.00. The van der Waals surface area contributed by atoms with Crippen LogP contribution in [0.25, 0.3) is 5.69 Å². The van der Waals surface area contributed by atoms with Gasteiger partial charge in [-0.3, -0.25) is 4.79 Å². The number of aromatic nitrogens is 4. The van der Waals surface area contributed by atoms with Crippen LogP contribution in [0.4, 0.5) is 5.69 Å². The molecule has 3 aromatic rings. The molecule has 26 heavy (non-hydrogen) atoms. The Morgan fingerprint density at radius 2 is 1.96 bits per heavy atom. The molecule has 0 fully saturated rings. The summed E-state index contributed by atoms with van der Waals surface area (Å²) in [4.78, 5) is 12.6. The summed E-state index contributed by atoms with van der Waals surface area (Å²) in [5.41, 5.74) is 3.48. The number of amides is 1. The first-order valence-corrected chi connectivity index (χ1v) is 9.30. The van der Waals surface area contributed by atoms with Crippen LogP contribution in [0.1, 0.15) is 18.1 Å². The van der Waals surface area contributed by atoms with Crippen molar-refractivity contribution < 1.29 is 4.79 Å². The van der Waals surface area contributed by atoms with Crippen molar-refractivity contribution in [3.8, 4) is 5.69 Å². The third kappa shape index (κ3) is 3.89. The number of anilines is 1. The number of thioether (sulfide) groups is 1. The third-order valence-corrected chi connectivity index (χ3v) is 5.40. The van der Waals surface area contributed by atoms with Crippen molar-refractivity contribution in [2.45, 2.75) is 31.2 Å². The molecule has 0 bridgehead atoms. The van der Waals surface area contributed by atoms with Crippen LogP contribution < -0.4 is 5.32 Å². The fourth-order valence-electron chi connectivity index (χ4n) is 2.39. The number of nitrogens with one attached hydrogen (secondary N) is 1. The van der Waals surface area contributed by atoms with E-state index in [0.29, 0.717) is 15.9 Å². The fraction of sp³-hybridized carbons (Fsp3) is 0.222. The van der Waals surface area contributed by atoms with Gasteiger partial charge in [0.2, 0.25) is 11.1 Å². The number of hydrogen-bond acceptors (Lipinski definition) is 5. The molecular formula is C18H18ClN5OS. The Morgan fingerprint density at radius 3 is 2.73 bits per heavy atom. The average Bonchev–Trinajstić information content (AvgIpc) is 3.07. The molecule has 0 unspecified atom stereocenters. The molecule has 0 radical (unpaired) electrons. The van der Waals surface area contributed by atoms with Crippen molar-refractivity contribution in [3.63, 3.8) is 0 Å². The summed E-state index contributed by atoms with van der Waals surface area (Å²) in [5, 5.41) is 15.6. The highest BCUT2D eigenvalue weighted by Crippen LogP contribution is 2.27. The number of carbonyl (C=O) groups excluding carboxylic acids is 1. The van der Waals surface area contributed by atoms with Gasteiger partial charge in [-0.05, 0) is 60.5 Å². The zero-order valence-corrected chi connectivity index (χ0v) is 16.2. The number of aryl methyl sites for hydroxylation is 1. The normalized spacial score (nSPS) is 12.0. The van der Waals surface area contributed by atoms with Crippen LogP contribution in [0.2, 0.25) is 5.02 Å². The molecule has 1 atom stereocenters. The van der Waals surface area contributed by atoms with Crippen LogP contribution in [-0.4, -0.2) is 31.4 Å². The fourth-order valence-corrected chi connectivity index (χ4v) is 3.37. The number of hydrogen-bond donors (Lipinski definition) is 1. The Morgan fingerprint density at radius 1 is 1.19 bits per heavy atom. The van der Waals surface area contributed by atoms with E-state index in [1.165, 1.54) is 11.8 Å². The number of rotatable bonds is 5. The van der Waals surface area contributed by atoms with Gasteiger partial charge in [0.1, 0.15) is 0 Å². The van der Waals surface area contributed by atoms with Crippen molar-refractivity contribution in [1.82, 2.24) is 20.2 Å². The molecule has 2 aromatic carbocycles. The molecule has 1 amide bonds. The molecule has 134 valence electrons. The van der Waals surface area contributed by atoms with Gasteiger partial charge in [-0.25, -0.2) is 0 Å². The van der Waals surface area contributed by atoms with Crippen molar-refractivity contribution in [3.05, 3.63) is 58.6 Å². The number of nitrogens with zero attached hydrogens (tertiary/aromatic N) is 4. The first-order valence-electron chi connectivity index (χ1n) is 8.04. The van der Waals surface area contributed by atoms with Crippen LogP contribution in [0.5, 0.6) is 0 Å². The summed E-state index contributed by atoms with van der Waals surface area (Å²) in [6.07, 6.45) is 0. The predicted octanol–water partition coefficient (Wildman–Crippen LogP) is 4.05. The summed E-state index contributed by atoms with van der Waals surface area (Å²) in [7, 11) is 0. The zero-order valence-electron chi connectivity index (χ0n) is 14.6. The lowest BCUT2D eigenvalue weighted by Gasteiger charge is -2.14. The molecular weight excluding hydrogens is 370 g/mol. The minimum atomic E-state index is -0.387. The Hall–Kier alpha value is -2.38. The minimum Gasteiger partial charge on any atom is -0.325 e. The van der Waals surface area contributed by atoms with E-state index in [-0.39, 0.29) is 11.2 Å². The monoisotopic (exact) mass is 387 g/mol. The van der Waals surface area contributed by atoms with Gasteiger partial charge in [0, 0.05) is 10.7 Å². The molecule has 6 nitrogen and oxygen atoms in total. The van der Waals surface area contributed by atoms with Crippen LogP contribution in [0.15, 0.2) is 47.6 Å². The van der Waals surface area contributed by atoms with E-state index < -0.39 is 0 Å². The van der Waals surface area contributed by atoms with Gasteiger partial charge in [0.25, 0.3) is 0 Å². The molecule has 0 aliphatic heterocycles. The summed E-state index contributed by atoms with van der Waals surface area (Å²) in [6, 6.07) is 13.2. The quantitative estimate of drug-likeness (QED) is 0.668. The molecule has 3 rings (SSSR count). The molecule has 1 N–H and O–H groups in total. The maximum Gasteiger partial charge on any atom is 0.237 e. The Balaban J connectivity index is 1.76. The Bertz CT molecular complexity index is 943. The lowest BCUT2D eigenvalue weighted by molar-refractivity contribution is -0.115. The summed E-state index contributed by atoms with van der Waals surface area (Å²) < 4.78 is 1.65. The van der Waals surface area contributed by atoms with E-state index in [1.54, 1.807) is 10.7 Å². The van der Waals surface area contributed by atoms with Gasteiger partial charge in [0.05, 0.1) is 10.9 Å². The average molecular weight is 388 g/mol. The standard InChI is InChI=1S/C18H18ClN5OS/c1-11-7-4-5-10-16(11)24-18(21-22-23-24)26-13(3)17(25)20-15-9-6-8-14(19)12(15)2/h4-10,13H,1-3H3,(H,20,25)/t13-/m0/s1. The van der Waals surface area contributed by atoms with E-state index in [1.807, 2.05) is 57.2 Å². The number of benzene rings is 2. The Labute approximate surface area is 160 Å². The maximum atomic E-state index is 12.6. The number of para-hydroxylation sites is 1. The second-order valence-corrected chi connectivity index (χ2v) is 7.54. The minimum absolute atomic E-state index is 0.139. The van der Waals surface area contributed by atoms with Crippen molar-refractivity contribution in [2.24, 2.45) is 0 Å². The lowest BCUT2D eigenvalue weighted by Crippen LogP contribution is -2.23. The number of carbonyl (C=O) groups is 1. The van der Waals surface area contributed by atoms with Crippen molar-refractivity contribution in [2.75, 3.05) is 5.32 Å². The van der Waals surface area contributed by atoms with Gasteiger partial charge in [-0.2, -0.15) is 4.68 Å². The molecule has 8 heteroatoms. The topological polar surface area (TPSA) is 72.7 Å². The van der Waals surface area contributed by atoms with Gasteiger partial charge >= 0.3 is 0 Å². The first kappa shape index (κ1) is 18.4. The number of halogens is 1. The molecule has 0 aliphatic carbocycles. The zero-order chi connectivity index (χ0) is 18.7. The largest absolute Gasteiger partial charge is 0.325 e. The van der Waals surface area contributed by atoms with Gasteiger partial charge < -0.3 is 5.32 Å². The molecule has 0 saturated carbocycles. The number of tetrazole rings is 1. The highest BCUT2D eigenvalue weighted by Gasteiger charge is 2.20.